The highest BCUT2D eigenvalue weighted by molar-refractivity contribution is 14.1. The van der Waals surface area contributed by atoms with Crippen LogP contribution in [0.1, 0.15) is 38.5 Å². The van der Waals surface area contributed by atoms with Crippen molar-refractivity contribution in [1.82, 2.24) is 0 Å². The maximum Gasteiger partial charge on any atom is 0.112 e. The van der Waals surface area contributed by atoms with E-state index < -0.39 is 6.17 Å². The van der Waals surface area contributed by atoms with Gasteiger partial charge in [0.2, 0.25) is 0 Å². The Labute approximate surface area is 75.7 Å². The van der Waals surface area contributed by atoms with Crippen LogP contribution in [-0.2, 0) is 0 Å². The molecule has 1 rings (SSSR count). The summed E-state index contributed by atoms with van der Waals surface area (Å²) in [6.07, 6.45) is 6.24. The summed E-state index contributed by atoms with van der Waals surface area (Å²) in [6.45, 7) is 0. The Morgan fingerprint density at radius 3 is 2.30 bits per heavy atom. The van der Waals surface area contributed by atoms with Crippen LogP contribution < -0.4 is 0 Å². The molecule has 0 aromatic rings. The summed E-state index contributed by atoms with van der Waals surface area (Å²) in [5, 5.41) is 0. The first-order valence-corrected chi connectivity index (χ1v) is 5.33. The van der Waals surface area contributed by atoms with Crippen LogP contribution in [0.4, 0.5) is 4.39 Å². The second-order valence-electron chi connectivity index (χ2n) is 3.02. The van der Waals surface area contributed by atoms with Gasteiger partial charge in [0.1, 0.15) is 6.17 Å². The Morgan fingerprint density at radius 1 is 1.00 bits per heavy atom. The molecule has 0 N–H and O–H groups in total. The van der Waals surface area contributed by atoms with Gasteiger partial charge in [0.25, 0.3) is 0 Å². The topological polar surface area (TPSA) is 0 Å². The summed E-state index contributed by atoms with van der Waals surface area (Å²) in [7, 11) is 0. The lowest BCUT2D eigenvalue weighted by Crippen LogP contribution is -2.16. The van der Waals surface area contributed by atoms with Crippen molar-refractivity contribution in [3.8, 4) is 0 Å². The second-order valence-corrected chi connectivity index (χ2v) is 4.62. The number of halogens is 2. The molecule has 1 fully saturated rings. The third-order valence-electron chi connectivity index (χ3n) is 2.10. The standard InChI is InChI=1S/C8H14FI/c9-7-5-3-1-2-4-6-8(7)10/h7-8H,1-6H2/t7-,8-/m1/s1. The number of rotatable bonds is 0. The number of hydrogen-bond acceptors (Lipinski definition) is 0. The van der Waals surface area contributed by atoms with Crippen molar-refractivity contribution in [1.29, 1.82) is 0 Å². The van der Waals surface area contributed by atoms with E-state index in [0.29, 0.717) is 0 Å². The molecule has 0 radical (unpaired) electrons. The summed E-state index contributed by atoms with van der Waals surface area (Å²) in [6, 6.07) is 0. The van der Waals surface area contributed by atoms with E-state index in [1.165, 1.54) is 19.3 Å². The molecule has 0 aromatic carbocycles. The van der Waals surface area contributed by atoms with Gasteiger partial charge >= 0.3 is 0 Å². The maximum atomic E-state index is 13.0. The predicted octanol–water partition coefficient (Wildman–Crippen LogP) is 3.48. The zero-order chi connectivity index (χ0) is 7.40. The SMILES string of the molecule is F[C@@H]1CCCCCC[C@H]1I. The molecule has 0 spiro atoms. The van der Waals surface area contributed by atoms with E-state index in [2.05, 4.69) is 22.6 Å². The highest BCUT2D eigenvalue weighted by atomic mass is 127. The van der Waals surface area contributed by atoms with E-state index in [0.717, 1.165) is 19.3 Å². The van der Waals surface area contributed by atoms with Gasteiger partial charge in [-0.1, -0.05) is 48.3 Å². The van der Waals surface area contributed by atoms with Crippen LogP contribution in [0.3, 0.4) is 0 Å². The molecule has 2 atom stereocenters. The number of hydrogen-bond donors (Lipinski definition) is 0. The molecule has 0 unspecified atom stereocenters. The Kier molecular flexibility index (Phi) is 3.96. The van der Waals surface area contributed by atoms with Gasteiger partial charge in [0, 0.05) is 3.92 Å². The summed E-state index contributed by atoms with van der Waals surface area (Å²) in [4.78, 5) is 0. The predicted molar refractivity (Wildman–Crippen MR) is 50.4 cm³/mol. The van der Waals surface area contributed by atoms with Crippen LogP contribution in [0.5, 0.6) is 0 Å². The Balaban J connectivity index is 2.28. The fourth-order valence-corrected chi connectivity index (χ4v) is 2.19. The minimum absolute atomic E-state index is 0.290. The lowest BCUT2D eigenvalue weighted by Gasteiger charge is -2.17. The van der Waals surface area contributed by atoms with Gasteiger partial charge in [-0.2, -0.15) is 0 Å². The van der Waals surface area contributed by atoms with Gasteiger partial charge < -0.3 is 0 Å². The zero-order valence-electron chi connectivity index (χ0n) is 6.15. The van der Waals surface area contributed by atoms with Crippen molar-refractivity contribution < 1.29 is 4.39 Å². The minimum atomic E-state index is -0.527. The third kappa shape index (κ3) is 2.72. The molecule has 1 aliphatic carbocycles. The Hall–Kier alpha value is 0.660. The van der Waals surface area contributed by atoms with E-state index in [1.807, 2.05) is 0 Å². The van der Waals surface area contributed by atoms with Gasteiger partial charge in [0.15, 0.2) is 0 Å². The average molecular weight is 256 g/mol. The maximum absolute atomic E-state index is 13.0. The molecule has 0 bridgehead atoms. The van der Waals surface area contributed by atoms with Crippen molar-refractivity contribution in [2.24, 2.45) is 0 Å². The molecule has 0 nitrogen and oxygen atoms in total. The van der Waals surface area contributed by atoms with E-state index in [9.17, 15) is 4.39 Å². The minimum Gasteiger partial charge on any atom is -0.246 e. The van der Waals surface area contributed by atoms with E-state index in [4.69, 9.17) is 0 Å². The van der Waals surface area contributed by atoms with Crippen LogP contribution in [-0.4, -0.2) is 10.1 Å². The quantitative estimate of drug-likeness (QED) is 0.459. The first kappa shape index (κ1) is 8.75. The summed E-state index contributed by atoms with van der Waals surface area (Å²) >= 11 is 2.25. The molecule has 0 saturated heterocycles. The molecular weight excluding hydrogens is 242 g/mol. The molecule has 10 heavy (non-hydrogen) atoms. The highest BCUT2D eigenvalue weighted by Gasteiger charge is 2.18. The van der Waals surface area contributed by atoms with Gasteiger partial charge in [-0.3, -0.25) is 0 Å². The van der Waals surface area contributed by atoms with Gasteiger partial charge in [-0.15, -0.1) is 0 Å². The smallest absolute Gasteiger partial charge is 0.112 e. The average Bonchev–Trinajstić information content (AvgIpc) is 1.92. The first-order chi connectivity index (χ1) is 4.80. The molecule has 0 aliphatic heterocycles. The van der Waals surface area contributed by atoms with Gasteiger partial charge in [-0.25, -0.2) is 4.39 Å². The Bertz CT molecular complexity index is 83.3. The molecule has 2 heteroatoms. The van der Waals surface area contributed by atoms with E-state index in [1.54, 1.807) is 0 Å². The van der Waals surface area contributed by atoms with Crippen molar-refractivity contribution in [3.05, 3.63) is 0 Å². The van der Waals surface area contributed by atoms with Crippen LogP contribution in [0.15, 0.2) is 0 Å². The fourth-order valence-electron chi connectivity index (χ4n) is 1.39. The van der Waals surface area contributed by atoms with Crippen molar-refractivity contribution in [2.45, 2.75) is 48.6 Å². The molecule has 0 amide bonds. The van der Waals surface area contributed by atoms with E-state index in [-0.39, 0.29) is 3.92 Å². The summed E-state index contributed by atoms with van der Waals surface area (Å²) < 4.78 is 13.3. The lowest BCUT2D eigenvalue weighted by molar-refractivity contribution is 0.282. The molecule has 0 heterocycles. The van der Waals surface area contributed by atoms with Crippen LogP contribution in [0, 0.1) is 0 Å². The van der Waals surface area contributed by atoms with Crippen LogP contribution >= 0.6 is 22.6 Å². The van der Waals surface area contributed by atoms with E-state index >= 15 is 0 Å². The fraction of sp³-hybridized carbons (Fsp3) is 1.00. The largest absolute Gasteiger partial charge is 0.246 e. The summed E-state index contributed by atoms with van der Waals surface area (Å²) in [5.41, 5.74) is 0. The monoisotopic (exact) mass is 256 g/mol. The lowest BCUT2D eigenvalue weighted by atomic mass is 10.00. The van der Waals surface area contributed by atoms with Crippen molar-refractivity contribution >= 4 is 22.6 Å². The molecule has 1 saturated carbocycles. The normalized spacial score (nSPS) is 36.6. The highest BCUT2D eigenvalue weighted by Crippen LogP contribution is 2.25. The molecule has 1 aliphatic rings. The van der Waals surface area contributed by atoms with Gasteiger partial charge in [-0.05, 0) is 12.8 Å². The Morgan fingerprint density at radius 2 is 1.60 bits per heavy atom. The first-order valence-electron chi connectivity index (χ1n) is 4.09. The van der Waals surface area contributed by atoms with Crippen LogP contribution in [0.2, 0.25) is 0 Å². The third-order valence-corrected chi connectivity index (χ3v) is 3.51. The second kappa shape index (κ2) is 4.52. The van der Waals surface area contributed by atoms with Crippen molar-refractivity contribution in [2.75, 3.05) is 0 Å². The molecule has 60 valence electrons. The number of alkyl halides is 2. The summed E-state index contributed by atoms with van der Waals surface area (Å²) in [5.74, 6) is 0. The van der Waals surface area contributed by atoms with Crippen molar-refractivity contribution in [3.63, 3.8) is 0 Å². The van der Waals surface area contributed by atoms with Gasteiger partial charge in [0.05, 0.1) is 0 Å². The molecule has 0 aromatic heterocycles. The molecular formula is C8H14FI. The van der Waals surface area contributed by atoms with Crippen LogP contribution in [0.25, 0.3) is 0 Å². The zero-order valence-corrected chi connectivity index (χ0v) is 8.31.